The Morgan fingerprint density at radius 2 is 1.15 bits per heavy atom. The summed E-state index contributed by atoms with van der Waals surface area (Å²) in [4.78, 5) is 13.5. The van der Waals surface area contributed by atoms with E-state index in [1.807, 2.05) is 0 Å². The molecule has 0 saturated carbocycles. The van der Waals surface area contributed by atoms with Crippen LogP contribution in [0.4, 0.5) is 0 Å². The van der Waals surface area contributed by atoms with Gasteiger partial charge in [-0.15, -0.1) is 0 Å². The van der Waals surface area contributed by atoms with Crippen LogP contribution < -0.4 is 29.6 Å². The molecular formula is C26H50NNaO4S. The molecule has 0 atom stereocenters. The van der Waals surface area contributed by atoms with Crippen LogP contribution in [0.25, 0.3) is 0 Å². The fraction of sp³-hybridized carbons (Fsp3) is 0.885. The third kappa shape index (κ3) is 28.2. The summed E-state index contributed by atoms with van der Waals surface area (Å²) in [6.07, 6.45) is 27.1. The van der Waals surface area contributed by atoms with Crippen LogP contribution in [0.15, 0.2) is 12.2 Å². The Balaban J connectivity index is 0. The van der Waals surface area contributed by atoms with Crippen molar-refractivity contribution < 1.29 is 47.3 Å². The summed E-state index contributed by atoms with van der Waals surface area (Å²) < 4.78 is 31.7. The van der Waals surface area contributed by atoms with E-state index in [1.165, 1.54) is 101 Å². The average molecular weight is 496 g/mol. The molecule has 0 aliphatic rings. The first-order valence-corrected chi connectivity index (χ1v) is 14.8. The molecule has 0 unspecified atom stereocenters. The number of unbranched alkanes of at least 4 members (excludes halogenated alkanes) is 15. The third-order valence-corrected chi connectivity index (χ3v) is 6.75. The standard InChI is InChI=1S/C26H51NO4S.Na/c1-3-4-5-6-7-8-9-10-11-12-13-14-15-16-17-18-19-20-21-23-26(28)27(2)24-22-25-32(29,30)31;/h12-13H,3-11,14-25H2,1-2H3,(H,29,30,31);/q;+1/p-1/b13-12+;. The quantitative estimate of drug-likeness (QED) is 0.0930. The second-order valence-corrected chi connectivity index (χ2v) is 10.7. The molecule has 33 heavy (non-hydrogen) atoms. The van der Waals surface area contributed by atoms with Crippen molar-refractivity contribution in [2.24, 2.45) is 0 Å². The maximum absolute atomic E-state index is 12.0. The minimum absolute atomic E-state index is 0. The molecule has 0 rings (SSSR count). The van der Waals surface area contributed by atoms with E-state index in [2.05, 4.69) is 19.1 Å². The van der Waals surface area contributed by atoms with Crippen LogP contribution in [0, 0.1) is 0 Å². The van der Waals surface area contributed by atoms with Gasteiger partial charge in [-0.25, -0.2) is 8.42 Å². The zero-order chi connectivity index (χ0) is 23.9. The van der Waals surface area contributed by atoms with Gasteiger partial charge in [-0.05, 0) is 38.5 Å². The predicted octanol–water partition coefficient (Wildman–Crippen LogP) is 3.98. The van der Waals surface area contributed by atoms with Gasteiger partial charge in [0.1, 0.15) is 0 Å². The molecule has 0 aliphatic carbocycles. The molecule has 0 aromatic carbocycles. The van der Waals surface area contributed by atoms with Gasteiger partial charge in [0.05, 0.1) is 10.1 Å². The Bertz CT molecular complexity index is 567. The minimum Gasteiger partial charge on any atom is -0.748 e. The molecule has 0 heterocycles. The summed E-state index contributed by atoms with van der Waals surface area (Å²) >= 11 is 0. The molecular weight excluding hydrogens is 445 g/mol. The van der Waals surface area contributed by atoms with Crippen molar-refractivity contribution in [3.8, 4) is 0 Å². The Morgan fingerprint density at radius 3 is 1.61 bits per heavy atom. The smallest absolute Gasteiger partial charge is 0.748 e. The maximum atomic E-state index is 12.0. The van der Waals surface area contributed by atoms with Crippen molar-refractivity contribution in [1.29, 1.82) is 0 Å². The van der Waals surface area contributed by atoms with E-state index in [1.54, 1.807) is 7.05 Å². The van der Waals surface area contributed by atoms with Crippen molar-refractivity contribution in [3.05, 3.63) is 12.2 Å². The number of nitrogens with zero attached hydrogens (tertiary/aromatic N) is 1. The normalized spacial score (nSPS) is 11.6. The minimum atomic E-state index is -4.18. The first-order chi connectivity index (χ1) is 15.4. The number of amides is 1. The monoisotopic (exact) mass is 495 g/mol. The molecule has 0 spiro atoms. The second kappa shape index (κ2) is 25.2. The summed E-state index contributed by atoms with van der Waals surface area (Å²) in [5.41, 5.74) is 0. The van der Waals surface area contributed by atoms with Crippen LogP contribution in [-0.2, 0) is 14.9 Å². The zero-order valence-electron chi connectivity index (χ0n) is 22.0. The molecule has 1 amide bonds. The Kier molecular flexibility index (Phi) is 27.0. The zero-order valence-corrected chi connectivity index (χ0v) is 24.8. The third-order valence-electron chi connectivity index (χ3n) is 5.97. The van der Waals surface area contributed by atoms with Crippen LogP contribution >= 0.6 is 0 Å². The fourth-order valence-corrected chi connectivity index (χ4v) is 4.33. The summed E-state index contributed by atoms with van der Waals surface area (Å²) in [5, 5.41) is 0. The molecule has 7 heteroatoms. The molecule has 0 N–H and O–H groups in total. The van der Waals surface area contributed by atoms with Gasteiger partial charge in [0.25, 0.3) is 0 Å². The molecule has 190 valence electrons. The molecule has 5 nitrogen and oxygen atoms in total. The van der Waals surface area contributed by atoms with E-state index in [0.717, 1.165) is 12.8 Å². The Labute approximate surface area is 227 Å². The maximum Gasteiger partial charge on any atom is 1.00 e. The number of hydrogen-bond donors (Lipinski definition) is 0. The average Bonchev–Trinajstić information content (AvgIpc) is 2.74. The van der Waals surface area contributed by atoms with E-state index in [0.29, 0.717) is 13.0 Å². The number of rotatable bonds is 23. The van der Waals surface area contributed by atoms with Gasteiger partial charge in [-0.2, -0.15) is 0 Å². The molecule has 0 aliphatic heterocycles. The van der Waals surface area contributed by atoms with Crippen LogP contribution in [0.1, 0.15) is 129 Å². The van der Waals surface area contributed by atoms with Gasteiger partial charge < -0.3 is 9.45 Å². The SMILES string of the molecule is CCCCCCCCCC/C=C/CCCCCCCCCC(=O)N(C)CCCS(=O)(=O)[O-].[Na+]. The van der Waals surface area contributed by atoms with E-state index in [-0.39, 0.29) is 41.9 Å². The van der Waals surface area contributed by atoms with Gasteiger partial charge in [-0.1, -0.05) is 96.1 Å². The van der Waals surface area contributed by atoms with Crippen LogP contribution in [-0.4, -0.2) is 43.1 Å². The van der Waals surface area contributed by atoms with E-state index in [4.69, 9.17) is 0 Å². The van der Waals surface area contributed by atoms with Gasteiger partial charge in [0.15, 0.2) is 0 Å². The number of carbonyl (C=O) groups is 1. The largest absolute Gasteiger partial charge is 1.00 e. The Hall–Kier alpha value is 0.120. The molecule has 0 aromatic rings. The van der Waals surface area contributed by atoms with Crippen LogP contribution in [0.2, 0.25) is 0 Å². The van der Waals surface area contributed by atoms with Gasteiger partial charge >= 0.3 is 29.6 Å². The number of hydrogen-bond acceptors (Lipinski definition) is 4. The second-order valence-electron chi connectivity index (χ2n) is 9.18. The molecule has 0 saturated heterocycles. The fourth-order valence-electron chi connectivity index (χ4n) is 3.85. The summed E-state index contributed by atoms with van der Waals surface area (Å²) in [6.45, 7) is 2.59. The summed E-state index contributed by atoms with van der Waals surface area (Å²) in [6, 6.07) is 0. The van der Waals surface area contributed by atoms with Crippen molar-refractivity contribution in [2.75, 3.05) is 19.3 Å². The van der Waals surface area contributed by atoms with Crippen molar-refractivity contribution in [1.82, 2.24) is 4.90 Å². The molecule has 0 radical (unpaired) electrons. The summed E-state index contributed by atoms with van der Waals surface area (Å²) in [5.74, 6) is -0.369. The first kappa shape index (κ1) is 35.3. The van der Waals surface area contributed by atoms with E-state index < -0.39 is 15.9 Å². The molecule has 0 fully saturated rings. The van der Waals surface area contributed by atoms with Crippen molar-refractivity contribution in [3.63, 3.8) is 0 Å². The predicted molar refractivity (Wildman–Crippen MR) is 135 cm³/mol. The topological polar surface area (TPSA) is 77.5 Å². The van der Waals surface area contributed by atoms with Crippen molar-refractivity contribution in [2.45, 2.75) is 129 Å². The summed E-state index contributed by atoms with van der Waals surface area (Å²) in [7, 11) is -2.51. The van der Waals surface area contributed by atoms with E-state index in [9.17, 15) is 17.8 Å². The van der Waals surface area contributed by atoms with Gasteiger partial charge in [0, 0.05) is 25.8 Å². The number of carbonyl (C=O) groups excluding carboxylic acids is 1. The van der Waals surface area contributed by atoms with Gasteiger partial charge in [-0.3, -0.25) is 4.79 Å². The van der Waals surface area contributed by atoms with Crippen LogP contribution in [0.5, 0.6) is 0 Å². The molecule has 0 aromatic heterocycles. The van der Waals surface area contributed by atoms with Crippen LogP contribution in [0.3, 0.4) is 0 Å². The van der Waals surface area contributed by atoms with Gasteiger partial charge in [0.2, 0.25) is 5.91 Å². The Morgan fingerprint density at radius 1 is 0.727 bits per heavy atom. The molecule has 0 bridgehead atoms. The first-order valence-electron chi connectivity index (χ1n) is 13.2. The van der Waals surface area contributed by atoms with E-state index >= 15 is 0 Å². The van der Waals surface area contributed by atoms with Crippen molar-refractivity contribution >= 4 is 16.0 Å². The number of allylic oxidation sites excluding steroid dienone is 2.